The second-order valence-electron chi connectivity index (χ2n) is 2.71. The van der Waals surface area contributed by atoms with Crippen LogP contribution in [0, 0.1) is 0 Å². The van der Waals surface area contributed by atoms with Crippen molar-refractivity contribution in [2.45, 2.75) is 0 Å². The van der Waals surface area contributed by atoms with Crippen LogP contribution in [-0.4, -0.2) is 40.3 Å². The second-order valence-corrected chi connectivity index (χ2v) is 4.67. The zero-order valence-electron chi connectivity index (χ0n) is 9.05. The van der Waals surface area contributed by atoms with Gasteiger partial charge in [0.25, 0.3) is 0 Å². The molecule has 0 aliphatic heterocycles. The van der Waals surface area contributed by atoms with E-state index in [0.29, 0.717) is 10.8 Å². The van der Waals surface area contributed by atoms with Crippen molar-refractivity contribution in [3.8, 4) is 0 Å². The SMILES string of the molecule is CN(C)C(=[SH+])[N-]N=Cc1cnccn1.[Cl][Cu][Cl]. The fourth-order valence-corrected chi connectivity index (χ4v) is 0.658. The molecule has 0 N–H and O–H groups in total. The molecule has 0 saturated heterocycles. The number of hydrogen-bond donors (Lipinski definition) is 0. The van der Waals surface area contributed by atoms with Gasteiger partial charge in [-0.25, -0.2) is 0 Å². The van der Waals surface area contributed by atoms with Crippen LogP contribution in [-0.2, 0) is 25.4 Å². The summed E-state index contributed by atoms with van der Waals surface area (Å²) in [6.07, 6.45) is 6.32. The van der Waals surface area contributed by atoms with Crippen molar-refractivity contribution in [3.05, 3.63) is 29.7 Å². The number of halogens is 2. The van der Waals surface area contributed by atoms with E-state index in [4.69, 9.17) is 0 Å². The predicted molar refractivity (Wildman–Crippen MR) is 72.1 cm³/mol. The van der Waals surface area contributed by atoms with Crippen molar-refractivity contribution >= 4 is 43.7 Å². The number of aromatic nitrogens is 2. The Morgan fingerprint density at radius 2 is 2.18 bits per heavy atom. The summed E-state index contributed by atoms with van der Waals surface area (Å²) in [5.41, 5.74) is 4.49. The van der Waals surface area contributed by atoms with Gasteiger partial charge in [0.1, 0.15) is 0 Å². The molecule has 0 fully saturated rings. The van der Waals surface area contributed by atoms with Crippen molar-refractivity contribution < 1.29 is 13.1 Å². The molecule has 0 spiro atoms. The van der Waals surface area contributed by atoms with Gasteiger partial charge in [0.05, 0.1) is 11.9 Å². The summed E-state index contributed by atoms with van der Waals surface area (Å²) in [5, 5.41) is 4.34. The van der Waals surface area contributed by atoms with E-state index in [1.807, 2.05) is 14.1 Å². The average molecular weight is 344 g/mol. The molecule has 99 valence electrons. The minimum absolute atomic E-state index is 0.533. The molecule has 0 aromatic carbocycles. The molecule has 0 atom stereocenters. The Hall–Kier alpha value is -0.301. The van der Waals surface area contributed by atoms with E-state index in [0.717, 1.165) is 13.1 Å². The first kappa shape index (κ1) is 16.7. The van der Waals surface area contributed by atoms with E-state index in [1.165, 1.54) is 6.21 Å². The van der Waals surface area contributed by atoms with E-state index in [9.17, 15) is 0 Å². The Morgan fingerprint density at radius 3 is 2.65 bits per heavy atom. The van der Waals surface area contributed by atoms with Crippen molar-refractivity contribution in [3.63, 3.8) is 0 Å². The Labute approximate surface area is 120 Å². The van der Waals surface area contributed by atoms with Crippen molar-refractivity contribution in [1.82, 2.24) is 14.9 Å². The van der Waals surface area contributed by atoms with Gasteiger partial charge in [0, 0.05) is 18.6 Å². The average Bonchev–Trinajstić information content (AvgIpc) is 2.31. The molecule has 9 heteroatoms. The van der Waals surface area contributed by atoms with Crippen molar-refractivity contribution in [1.29, 1.82) is 0 Å². The third-order valence-corrected chi connectivity index (χ3v) is 1.81. The van der Waals surface area contributed by atoms with E-state index in [2.05, 4.69) is 52.9 Å². The van der Waals surface area contributed by atoms with Gasteiger partial charge in [-0.1, -0.05) is 0 Å². The van der Waals surface area contributed by atoms with E-state index < -0.39 is 0 Å². The van der Waals surface area contributed by atoms with Gasteiger partial charge in [0.15, 0.2) is 17.3 Å². The van der Waals surface area contributed by atoms with Gasteiger partial charge in [-0.15, -0.1) is 0 Å². The second kappa shape index (κ2) is 10.8. The van der Waals surface area contributed by atoms with Crippen molar-refractivity contribution in [2.75, 3.05) is 14.1 Å². The van der Waals surface area contributed by atoms with Crippen LogP contribution in [0.25, 0.3) is 5.43 Å². The molecule has 5 nitrogen and oxygen atoms in total. The molecule has 1 heterocycles. The van der Waals surface area contributed by atoms with E-state index >= 15 is 0 Å². The molecule has 0 radical (unpaired) electrons. The molecule has 0 aliphatic carbocycles. The quantitative estimate of drug-likeness (QED) is 0.204. The summed E-state index contributed by atoms with van der Waals surface area (Å²) in [4.78, 5) is 9.63. The summed E-state index contributed by atoms with van der Waals surface area (Å²) in [6, 6.07) is 0. The van der Waals surface area contributed by atoms with Crippen LogP contribution < -0.4 is 0 Å². The molecule has 1 rings (SSSR count). The van der Waals surface area contributed by atoms with Crippen LogP contribution in [0.2, 0.25) is 0 Å². The van der Waals surface area contributed by atoms with Gasteiger partial charge < -0.3 is 10.5 Å². The molecule has 0 saturated carbocycles. The predicted octanol–water partition coefficient (Wildman–Crippen LogP) is 1.49. The zero-order chi connectivity index (χ0) is 13.1. The van der Waals surface area contributed by atoms with Crippen LogP contribution in [0.5, 0.6) is 0 Å². The fraction of sp³-hybridized carbons (Fsp3) is 0.250. The van der Waals surface area contributed by atoms with Gasteiger partial charge >= 0.3 is 33.3 Å². The van der Waals surface area contributed by atoms with Gasteiger partial charge in [0.2, 0.25) is 0 Å². The molecule has 0 aliphatic rings. The van der Waals surface area contributed by atoms with Crippen LogP contribution in [0.4, 0.5) is 0 Å². The molecule has 0 amide bonds. The Balaban J connectivity index is 0.000000770. The maximum absolute atomic E-state index is 4.67. The first-order valence-corrected chi connectivity index (χ1v) is 7.20. The molecule has 17 heavy (non-hydrogen) atoms. The minimum atomic E-state index is 0.533. The monoisotopic (exact) mass is 342 g/mol. The van der Waals surface area contributed by atoms with Gasteiger partial charge in [-0.05, 0) is 14.1 Å². The third-order valence-electron chi connectivity index (χ3n) is 1.32. The first-order chi connectivity index (χ1) is 8.11. The van der Waals surface area contributed by atoms with E-state index in [-0.39, 0.29) is 0 Å². The summed E-state index contributed by atoms with van der Waals surface area (Å²) < 4.78 is 0. The van der Waals surface area contributed by atoms with Crippen LogP contribution >= 0.6 is 20.2 Å². The normalized spacial score (nSPS) is 10.2. The molecule has 0 bridgehead atoms. The molecule has 1 aromatic heterocycles. The van der Waals surface area contributed by atoms with Crippen LogP contribution in [0.1, 0.15) is 5.69 Å². The number of nitrogens with zero attached hydrogens (tertiary/aromatic N) is 5. The molecule has 1 aromatic rings. The van der Waals surface area contributed by atoms with Gasteiger partial charge in [-0.3, -0.25) is 14.9 Å². The fourth-order valence-electron chi connectivity index (χ4n) is 0.606. The maximum atomic E-state index is 4.67. The number of hydrogen-bond acceptors (Lipinski definition) is 3. The van der Waals surface area contributed by atoms with Gasteiger partial charge in [-0.2, -0.15) is 0 Å². The summed E-state index contributed by atoms with van der Waals surface area (Å²) in [5.74, 6) is 0. The van der Waals surface area contributed by atoms with Crippen LogP contribution in [0.15, 0.2) is 23.7 Å². The summed E-state index contributed by atoms with van der Waals surface area (Å²) in [7, 11) is 13.0. The molecule has 0 unspecified atom stereocenters. The Bertz CT molecular complexity index is 349. The zero-order valence-corrected chi connectivity index (χ0v) is 12.4. The number of thiol groups is 1. The summed E-state index contributed by atoms with van der Waals surface area (Å²) in [6.45, 7) is 0. The van der Waals surface area contributed by atoms with Crippen LogP contribution in [0.3, 0.4) is 0 Å². The van der Waals surface area contributed by atoms with Crippen molar-refractivity contribution in [2.24, 2.45) is 5.10 Å². The molecular weight excluding hydrogens is 333 g/mol. The Kier molecular flexibility index (Phi) is 10.6. The first-order valence-electron chi connectivity index (χ1n) is 4.16. The van der Waals surface area contributed by atoms with E-state index in [1.54, 1.807) is 23.5 Å². The topological polar surface area (TPSA) is 55.5 Å². The standard InChI is InChI=1S/C8H11N5S.2ClH.Cu/c1-13(2)8(14)12-11-6-7-5-9-3-4-10-7;;;/h3-6H,1-2H3,(H,10,12,14);2*1H;/q;;;+2/p-2. The summed E-state index contributed by atoms with van der Waals surface area (Å²) >= 11 is 4.85. The molecular formula is C8H11Cl2CuN5S. The number of rotatable bonds is 2. The Morgan fingerprint density at radius 1 is 1.53 bits per heavy atom. The third kappa shape index (κ3) is 9.41.